The van der Waals surface area contributed by atoms with Crippen molar-refractivity contribution in [2.75, 3.05) is 29.9 Å². The number of halogens is 1. The van der Waals surface area contributed by atoms with Crippen LogP contribution in [-0.4, -0.2) is 45.2 Å². The number of fused-ring (bicyclic) bond motifs is 1. The quantitative estimate of drug-likeness (QED) is 0.466. The predicted molar refractivity (Wildman–Crippen MR) is 145 cm³/mol. The zero-order chi connectivity index (χ0) is 25.6. The molecule has 8 nitrogen and oxygen atoms in total. The molecular formula is C29H30FN7O. The highest BCUT2D eigenvalue weighted by atomic mass is 19.1. The summed E-state index contributed by atoms with van der Waals surface area (Å²) < 4.78 is 23.4. The second-order valence-corrected chi connectivity index (χ2v) is 10.6. The molecule has 2 aliphatic heterocycles. The zero-order valence-corrected chi connectivity index (χ0v) is 21.4. The van der Waals surface area contributed by atoms with Gasteiger partial charge in [-0.05, 0) is 74.3 Å². The molecule has 38 heavy (non-hydrogen) atoms. The molecule has 7 rings (SSSR count). The first-order valence-electron chi connectivity index (χ1n) is 13.4. The van der Waals surface area contributed by atoms with Crippen LogP contribution >= 0.6 is 0 Å². The minimum absolute atomic E-state index is 0.113. The highest BCUT2D eigenvalue weighted by Crippen LogP contribution is 2.38. The molecule has 4 aliphatic rings. The Hall–Kier alpha value is -4.01. The SMILES string of the molecule is CC1=Cc2c(ccc(Oc3nc(NC4=NCC(C5CC5)=C4)cc(N4CCC(n5cccn5)CC4)n3)c2F)C1. The van der Waals surface area contributed by atoms with Crippen molar-refractivity contribution in [3.05, 3.63) is 70.8 Å². The highest BCUT2D eigenvalue weighted by molar-refractivity contribution is 6.05. The number of aliphatic imine (C=N–C) groups is 1. The van der Waals surface area contributed by atoms with E-state index in [4.69, 9.17) is 9.72 Å². The third kappa shape index (κ3) is 4.57. The lowest BCUT2D eigenvalue weighted by Crippen LogP contribution is -2.35. The van der Waals surface area contributed by atoms with Gasteiger partial charge in [0.05, 0.1) is 12.6 Å². The lowest BCUT2D eigenvalue weighted by Gasteiger charge is -2.33. The Labute approximate surface area is 221 Å². The smallest absolute Gasteiger partial charge is 0.326 e. The molecule has 3 aromatic rings. The number of rotatable bonds is 6. The molecule has 1 saturated carbocycles. The number of amidine groups is 1. The van der Waals surface area contributed by atoms with E-state index in [1.807, 2.05) is 48.3 Å². The molecule has 194 valence electrons. The molecular weight excluding hydrogens is 481 g/mol. The van der Waals surface area contributed by atoms with Gasteiger partial charge in [-0.2, -0.15) is 15.1 Å². The summed E-state index contributed by atoms with van der Waals surface area (Å²) in [5.74, 6) is 2.56. The van der Waals surface area contributed by atoms with Crippen LogP contribution in [0.15, 0.2) is 58.9 Å². The van der Waals surface area contributed by atoms with Crippen molar-refractivity contribution in [1.82, 2.24) is 19.7 Å². The van der Waals surface area contributed by atoms with E-state index in [0.717, 1.165) is 61.7 Å². The Bertz CT molecular complexity index is 1460. The summed E-state index contributed by atoms with van der Waals surface area (Å²) in [6.45, 7) is 4.39. The normalized spacial score (nSPS) is 19.2. The van der Waals surface area contributed by atoms with Gasteiger partial charge in [-0.1, -0.05) is 17.7 Å². The van der Waals surface area contributed by atoms with Gasteiger partial charge in [0.25, 0.3) is 0 Å². The van der Waals surface area contributed by atoms with Crippen LogP contribution in [0.1, 0.15) is 49.8 Å². The van der Waals surface area contributed by atoms with E-state index in [2.05, 4.69) is 31.4 Å². The molecule has 4 heterocycles. The first-order chi connectivity index (χ1) is 18.6. The van der Waals surface area contributed by atoms with E-state index in [1.165, 1.54) is 18.4 Å². The lowest BCUT2D eigenvalue weighted by molar-refractivity contribution is 0.364. The van der Waals surface area contributed by atoms with Gasteiger partial charge >= 0.3 is 6.01 Å². The Morgan fingerprint density at radius 1 is 1.08 bits per heavy atom. The summed E-state index contributed by atoms with van der Waals surface area (Å²) >= 11 is 0. The minimum atomic E-state index is -0.375. The number of anilines is 2. The number of aromatic nitrogens is 4. The standard InChI is InChI=1S/C29H30FN7O/c1-18-13-20-5-6-24(28(30)23(20)14-18)38-29-34-26(33-25-15-21(17-31-25)19-3-4-19)16-27(35-29)36-11-7-22(8-12-36)37-10-2-9-32-37/h2,5-6,9-10,14-16,19,22H,3-4,7-8,11-13,17H2,1H3,(H,31,33,34,35). The van der Waals surface area contributed by atoms with Crippen molar-refractivity contribution in [1.29, 1.82) is 0 Å². The number of ether oxygens (including phenoxy) is 1. The van der Waals surface area contributed by atoms with E-state index in [9.17, 15) is 0 Å². The molecule has 1 N–H and O–H groups in total. The van der Waals surface area contributed by atoms with Gasteiger partial charge < -0.3 is 15.0 Å². The van der Waals surface area contributed by atoms with Crippen molar-refractivity contribution >= 4 is 23.5 Å². The summed E-state index contributed by atoms with van der Waals surface area (Å²) in [6.07, 6.45) is 13.0. The average Bonchev–Trinajstić information content (AvgIpc) is 3.28. The summed E-state index contributed by atoms with van der Waals surface area (Å²) in [5, 5.41) is 7.77. The summed E-state index contributed by atoms with van der Waals surface area (Å²) in [5.41, 5.74) is 4.08. The molecule has 0 spiro atoms. The Balaban J connectivity index is 1.16. The first-order valence-corrected chi connectivity index (χ1v) is 13.4. The van der Waals surface area contributed by atoms with Gasteiger partial charge in [0, 0.05) is 37.1 Å². The molecule has 0 bridgehead atoms. The van der Waals surface area contributed by atoms with E-state index in [0.29, 0.717) is 23.3 Å². The average molecular weight is 512 g/mol. The Kier molecular flexibility index (Phi) is 5.71. The van der Waals surface area contributed by atoms with Crippen molar-refractivity contribution in [2.45, 2.75) is 45.1 Å². The van der Waals surface area contributed by atoms with Crippen LogP contribution in [0.5, 0.6) is 11.8 Å². The van der Waals surface area contributed by atoms with E-state index in [-0.39, 0.29) is 17.6 Å². The number of hydrogen-bond donors (Lipinski definition) is 1. The predicted octanol–water partition coefficient (Wildman–Crippen LogP) is 5.57. The van der Waals surface area contributed by atoms with Crippen LogP contribution in [0.3, 0.4) is 0 Å². The van der Waals surface area contributed by atoms with Gasteiger partial charge in [-0.15, -0.1) is 0 Å². The first kappa shape index (κ1) is 23.1. The molecule has 0 atom stereocenters. The van der Waals surface area contributed by atoms with Crippen molar-refractivity contribution in [3.8, 4) is 11.8 Å². The third-order valence-corrected chi connectivity index (χ3v) is 7.79. The molecule has 1 saturated heterocycles. The fraction of sp³-hybridized carbons (Fsp3) is 0.379. The largest absolute Gasteiger partial charge is 0.421 e. The number of nitrogens with one attached hydrogen (secondary N) is 1. The van der Waals surface area contributed by atoms with Crippen LogP contribution in [0.4, 0.5) is 16.0 Å². The lowest BCUT2D eigenvalue weighted by atomic mass is 10.1. The van der Waals surface area contributed by atoms with Crippen molar-refractivity contribution in [2.24, 2.45) is 10.9 Å². The van der Waals surface area contributed by atoms with Crippen LogP contribution < -0.4 is 15.0 Å². The maximum absolute atomic E-state index is 15.3. The van der Waals surface area contributed by atoms with E-state index >= 15 is 4.39 Å². The molecule has 0 unspecified atom stereocenters. The highest BCUT2D eigenvalue weighted by Gasteiger charge is 2.28. The molecule has 9 heteroatoms. The van der Waals surface area contributed by atoms with E-state index < -0.39 is 0 Å². The maximum atomic E-state index is 15.3. The van der Waals surface area contributed by atoms with Crippen LogP contribution in [-0.2, 0) is 6.42 Å². The fourth-order valence-electron chi connectivity index (χ4n) is 5.59. The Morgan fingerprint density at radius 2 is 1.95 bits per heavy atom. The zero-order valence-electron chi connectivity index (χ0n) is 21.4. The fourth-order valence-corrected chi connectivity index (χ4v) is 5.59. The minimum Gasteiger partial charge on any atom is -0.421 e. The Morgan fingerprint density at radius 3 is 2.74 bits per heavy atom. The second kappa shape index (κ2) is 9.38. The summed E-state index contributed by atoms with van der Waals surface area (Å²) in [7, 11) is 0. The topological polar surface area (TPSA) is 80.5 Å². The van der Waals surface area contributed by atoms with Crippen LogP contribution in [0.25, 0.3) is 6.08 Å². The van der Waals surface area contributed by atoms with Gasteiger partial charge in [0.1, 0.15) is 17.5 Å². The second-order valence-electron chi connectivity index (χ2n) is 10.6. The summed E-state index contributed by atoms with van der Waals surface area (Å²) in [6, 6.07) is 7.96. The number of nitrogens with zero attached hydrogens (tertiary/aromatic N) is 6. The monoisotopic (exact) mass is 511 g/mol. The van der Waals surface area contributed by atoms with Crippen LogP contribution in [0.2, 0.25) is 0 Å². The van der Waals surface area contributed by atoms with Gasteiger partial charge in [0.2, 0.25) is 0 Å². The molecule has 2 aromatic heterocycles. The molecule has 2 fully saturated rings. The third-order valence-electron chi connectivity index (χ3n) is 7.79. The van der Waals surface area contributed by atoms with Crippen molar-refractivity contribution < 1.29 is 9.13 Å². The summed E-state index contributed by atoms with van der Waals surface area (Å²) in [4.78, 5) is 16.2. The van der Waals surface area contributed by atoms with Gasteiger partial charge in [-0.3, -0.25) is 9.67 Å². The van der Waals surface area contributed by atoms with Crippen molar-refractivity contribution in [3.63, 3.8) is 0 Å². The molecule has 2 aliphatic carbocycles. The van der Waals surface area contributed by atoms with Crippen LogP contribution in [0, 0.1) is 11.7 Å². The van der Waals surface area contributed by atoms with Gasteiger partial charge in [-0.25, -0.2) is 4.39 Å². The molecule has 1 aromatic carbocycles. The number of piperidine rings is 1. The number of allylic oxidation sites excluding steroid dienone is 1. The van der Waals surface area contributed by atoms with Gasteiger partial charge in [0.15, 0.2) is 11.6 Å². The molecule has 0 amide bonds. The number of hydrogen-bond acceptors (Lipinski definition) is 7. The molecule has 0 radical (unpaired) electrons. The van der Waals surface area contributed by atoms with E-state index in [1.54, 1.807) is 6.07 Å². The maximum Gasteiger partial charge on any atom is 0.326 e. The number of benzene rings is 1.